The van der Waals surface area contributed by atoms with Gasteiger partial charge in [-0.2, -0.15) is 4.98 Å². The maximum Gasteiger partial charge on any atom is 0.269 e. The largest absolute Gasteiger partial charge is 0.496 e. The molecule has 6 nitrogen and oxygen atoms in total. The lowest BCUT2D eigenvalue weighted by atomic mass is 10.2. The minimum Gasteiger partial charge on any atom is -0.496 e. The first kappa shape index (κ1) is 10.2. The number of para-hydroxylation sites is 1. The van der Waals surface area contributed by atoms with Crippen LogP contribution in [0.5, 0.6) is 5.75 Å². The van der Waals surface area contributed by atoms with Gasteiger partial charge in [-0.3, -0.25) is 0 Å². The molecule has 0 radical (unpaired) electrons. The maximum absolute atomic E-state index is 5.38. The number of anilines is 1. The van der Waals surface area contributed by atoms with Gasteiger partial charge in [0, 0.05) is 11.8 Å². The van der Waals surface area contributed by atoms with E-state index in [0.29, 0.717) is 5.95 Å². The van der Waals surface area contributed by atoms with Crippen molar-refractivity contribution < 1.29 is 4.74 Å². The predicted molar refractivity (Wildman–Crippen MR) is 61.0 cm³/mol. The number of nitrogens with one attached hydrogen (secondary N) is 1. The van der Waals surface area contributed by atoms with Crippen LogP contribution in [0, 0.1) is 0 Å². The van der Waals surface area contributed by atoms with Crippen molar-refractivity contribution in [2.24, 2.45) is 4.99 Å². The normalized spacial score (nSPS) is 10.8. The Labute approximate surface area is 92.2 Å². The molecule has 0 aliphatic heterocycles. The zero-order valence-electron chi connectivity index (χ0n) is 8.71. The molecule has 3 N–H and O–H groups in total. The molecule has 2 rings (SSSR count). The number of hydrogen-bond donors (Lipinski definition) is 2. The SMILES string of the molecule is COc1ccccc1C=Nc1n[nH]c(N)n1. The number of methoxy groups -OCH3 is 1. The molecular weight excluding hydrogens is 206 g/mol. The maximum atomic E-state index is 5.38. The summed E-state index contributed by atoms with van der Waals surface area (Å²) in [6.07, 6.45) is 1.63. The van der Waals surface area contributed by atoms with Crippen LogP contribution >= 0.6 is 0 Å². The van der Waals surface area contributed by atoms with Crippen molar-refractivity contribution in [1.29, 1.82) is 0 Å². The van der Waals surface area contributed by atoms with E-state index in [0.717, 1.165) is 11.3 Å². The zero-order valence-corrected chi connectivity index (χ0v) is 8.71. The summed E-state index contributed by atoms with van der Waals surface area (Å²) in [5.41, 5.74) is 6.23. The van der Waals surface area contributed by atoms with Gasteiger partial charge in [-0.25, -0.2) is 10.1 Å². The molecule has 0 saturated heterocycles. The first-order valence-corrected chi connectivity index (χ1v) is 4.64. The van der Waals surface area contributed by atoms with E-state index in [9.17, 15) is 0 Å². The number of rotatable bonds is 3. The van der Waals surface area contributed by atoms with Crippen molar-refractivity contribution in [3.8, 4) is 5.75 Å². The Bertz CT molecular complexity index is 505. The van der Waals surface area contributed by atoms with Crippen LogP contribution in [0.25, 0.3) is 0 Å². The lowest BCUT2D eigenvalue weighted by Crippen LogP contribution is -1.89. The Balaban J connectivity index is 2.23. The first-order valence-electron chi connectivity index (χ1n) is 4.64. The van der Waals surface area contributed by atoms with Crippen LogP contribution in [0.15, 0.2) is 29.3 Å². The van der Waals surface area contributed by atoms with E-state index in [-0.39, 0.29) is 5.95 Å². The number of aliphatic imine (C=N–C) groups is 1. The minimum absolute atomic E-state index is 0.243. The molecule has 1 aromatic carbocycles. The second-order valence-corrected chi connectivity index (χ2v) is 3.02. The predicted octanol–water partition coefficient (Wildman–Crippen LogP) is 1.15. The van der Waals surface area contributed by atoms with Gasteiger partial charge in [0.2, 0.25) is 5.95 Å². The highest BCUT2D eigenvalue weighted by molar-refractivity contribution is 5.84. The zero-order chi connectivity index (χ0) is 11.4. The third-order valence-corrected chi connectivity index (χ3v) is 1.95. The summed E-state index contributed by atoms with van der Waals surface area (Å²) in [5, 5.41) is 6.29. The molecule has 1 heterocycles. The number of aromatic amines is 1. The van der Waals surface area contributed by atoms with Gasteiger partial charge in [0.1, 0.15) is 5.75 Å². The molecule has 82 valence electrons. The Kier molecular flexibility index (Phi) is 2.81. The first-order chi connectivity index (χ1) is 7.79. The molecule has 0 atom stereocenters. The fourth-order valence-corrected chi connectivity index (χ4v) is 1.22. The molecule has 6 heteroatoms. The lowest BCUT2D eigenvalue weighted by molar-refractivity contribution is 0.414. The molecule has 16 heavy (non-hydrogen) atoms. The summed E-state index contributed by atoms with van der Waals surface area (Å²) in [5.74, 6) is 1.28. The molecular formula is C10H11N5O. The topological polar surface area (TPSA) is 89.2 Å². The lowest BCUT2D eigenvalue weighted by Gasteiger charge is -2.01. The van der Waals surface area contributed by atoms with E-state index < -0.39 is 0 Å². The monoisotopic (exact) mass is 217 g/mol. The molecule has 0 unspecified atom stereocenters. The second kappa shape index (κ2) is 4.43. The van der Waals surface area contributed by atoms with Crippen LogP contribution < -0.4 is 10.5 Å². The van der Waals surface area contributed by atoms with Gasteiger partial charge in [0.05, 0.1) is 7.11 Å². The van der Waals surface area contributed by atoms with Crippen molar-refractivity contribution >= 4 is 18.1 Å². The van der Waals surface area contributed by atoms with Gasteiger partial charge in [-0.05, 0) is 12.1 Å². The highest BCUT2D eigenvalue weighted by atomic mass is 16.5. The van der Waals surface area contributed by atoms with Crippen LogP contribution in [0.2, 0.25) is 0 Å². The Morgan fingerprint density at radius 1 is 1.44 bits per heavy atom. The smallest absolute Gasteiger partial charge is 0.269 e. The highest BCUT2D eigenvalue weighted by Gasteiger charge is 1.99. The van der Waals surface area contributed by atoms with E-state index in [1.807, 2.05) is 24.3 Å². The van der Waals surface area contributed by atoms with Crippen LogP contribution in [-0.2, 0) is 0 Å². The summed E-state index contributed by atoms with van der Waals surface area (Å²) >= 11 is 0. The average Bonchev–Trinajstić information content (AvgIpc) is 2.73. The Morgan fingerprint density at radius 2 is 2.25 bits per heavy atom. The van der Waals surface area contributed by atoms with Gasteiger partial charge >= 0.3 is 0 Å². The molecule has 0 bridgehead atoms. The summed E-state index contributed by atoms with van der Waals surface area (Å²) in [4.78, 5) is 7.92. The number of H-pyrrole nitrogens is 1. The van der Waals surface area contributed by atoms with Crippen LogP contribution in [0.1, 0.15) is 5.56 Å². The van der Waals surface area contributed by atoms with Crippen LogP contribution in [0.3, 0.4) is 0 Å². The van der Waals surface area contributed by atoms with Gasteiger partial charge < -0.3 is 10.5 Å². The number of benzene rings is 1. The number of ether oxygens (including phenoxy) is 1. The van der Waals surface area contributed by atoms with Gasteiger partial charge in [0.25, 0.3) is 5.95 Å². The van der Waals surface area contributed by atoms with Crippen molar-refractivity contribution in [3.05, 3.63) is 29.8 Å². The number of nitrogens with two attached hydrogens (primary N) is 1. The van der Waals surface area contributed by atoms with E-state index in [2.05, 4.69) is 20.2 Å². The highest BCUT2D eigenvalue weighted by Crippen LogP contribution is 2.15. The Morgan fingerprint density at radius 3 is 2.94 bits per heavy atom. The molecule has 0 saturated carbocycles. The molecule has 2 aromatic rings. The van der Waals surface area contributed by atoms with Gasteiger partial charge in [0.15, 0.2) is 0 Å². The van der Waals surface area contributed by atoms with Crippen molar-refractivity contribution in [2.75, 3.05) is 12.8 Å². The molecule has 0 aliphatic carbocycles. The third kappa shape index (κ3) is 2.17. The van der Waals surface area contributed by atoms with Gasteiger partial charge in [-0.1, -0.05) is 12.1 Å². The summed E-state index contributed by atoms with van der Waals surface area (Å²) in [6, 6.07) is 7.53. The number of aromatic nitrogens is 3. The second-order valence-electron chi connectivity index (χ2n) is 3.02. The van der Waals surface area contributed by atoms with Crippen molar-refractivity contribution in [2.45, 2.75) is 0 Å². The van der Waals surface area contributed by atoms with Crippen molar-refractivity contribution in [1.82, 2.24) is 15.2 Å². The summed E-state index contributed by atoms with van der Waals surface area (Å²) in [6.45, 7) is 0. The molecule has 0 aliphatic rings. The van der Waals surface area contributed by atoms with Gasteiger partial charge in [-0.15, -0.1) is 5.10 Å². The fraction of sp³-hybridized carbons (Fsp3) is 0.100. The molecule has 0 spiro atoms. The third-order valence-electron chi connectivity index (χ3n) is 1.95. The van der Waals surface area contributed by atoms with Crippen LogP contribution in [-0.4, -0.2) is 28.5 Å². The fourth-order valence-electron chi connectivity index (χ4n) is 1.22. The quantitative estimate of drug-likeness (QED) is 0.754. The molecule has 0 amide bonds. The number of nitrogen functional groups attached to an aromatic ring is 1. The number of hydrogen-bond acceptors (Lipinski definition) is 5. The summed E-state index contributed by atoms with van der Waals surface area (Å²) in [7, 11) is 1.61. The van der Waals surface area contributed by atoms with E-state index in [1.54, 1.807) is 13.3 Å². The van der Waals surface area contributed by atoms with E-state index >= 15 is 0 Å². The van der Waals surface area contributed by atoms with Crippen LogP contribution in [0.4, 0.5) is 11.9 Å². The van der Waals surface area contributed by atoms with Crippen molar-refractivity contribution in [3.63, 3.8) is 0 Å². The summed E-state index contributed by atoms with van der Waals surface area (Å²) < 4.78 is 5.17. The van der Waals surface area contributed by atoms with E-state index in [1.165, 1.54) is 0 Å². The number of nitrogens with zero attached hydrogens (tertiary/aromatic N) is 3. The minimum atomic E-state index is 0.243. The van der Waals surface area contributed by atoms with E-state index in [4.69, 9.17) is 10.5 Å². The average molecular weight is 217 g/mol. The molecule has 0 fully saturated rings. The Hall–Kier alpha value is -2.37. The molecule has 1 aromatic heterocycles. The standard InChI is InChI=1S/C10H11N5O/c1-16-8-5-3-2-4-7(8)6-12-10-13-9(11)14-15-10/h2-6H,1H3,(H3,11,13,14,15).